The van der Waals surface area contributed by atoms with E-state index in [9.17, 15) is 18.0 Å². The average Bonchev–Trinajstić information content (AvgIpc) is 2.58. The number of fused-ring (bicyclic) bond motifs is 1. The third-order valence-corrected chi connectivity index (χ3v) is 3.46. The van der Waals surface area contributed by atoms with E-state index in [1.54, 1.807) is 0 Å². The molecule has 1 aliphatic carbocycles. The minimum Gasteiger partial charge on any atom is -0.283 e. The molecule has 0 N–H and O–H groups in total. The molecule has 0 aromatic carbocycles. The van der Waals surface area contributed by atoms with Crippen molar-refractivity contribution in [3.05, 3.63) is 21.4 Å². The topological polar surface area (TPSA) is 17.1 Å². The molecule has 0 amide bonds. The first-order valence-electron chi connectivity index (χ1n) is 4.21. The molecule has 76 valence electrons. The Balaban J connectivity index is 2.30. The molecule has 1 aliphatic rings. The molecule has 14 heavy (non-hydrogen) atoms. The zero-order chi connectivity index (χ0) is 10.3. The van der Waals surface area contributed by atoms with Crippen molar-refractivity contribution in [2.24, 2.45) is 0 Å². The molecule has 2 rings (SSSR count). The number of hydrogen-bond acceptors (Lipinski definition) is 2. The van der Waals surface area contributed by atoms with Gasteiger partial charge in [-0.15, -0.1) is 11.3 Å². The standard InChI is InChI=1S/C9H7F3OS/c10-9(11,12)8(13)7-4-5-2-1-3-6(5)14-7/h4H,1-3H2. The van der Waals surface area contributed by atoms with Gasteiger partial charge in [0.05, 0.1) is 4.88 Å². The molecule has 0 spiro atoms. The van der Waals surface area contributed by atoms with Crippen LogP contribution in [0, 0.1) is 0 Å². The molecule has 0 unspecified atom stereocenters. The molecule has 0 saturated carbocycles. The van der Waals surface area contributed by atoms with Crippen LogP contribution in [0.3, 0.4) is 0 Å². The van der Waals surface area contributed by atoms with Gasteiger partial charge in [0.1, 0.15) is 0 Å². The fraction of sp³-hybridized carbons (Fsp3) is 0.444. The van der Waals surface area contributed by atoms with Crippen molar-refractivity contribution in [2.45, 2.75) is 25.4 Å². The van der Waals surface area contributed by atoms with Crippen molar-refractivity contribution in [1.82, 2.24) is 0 Å². The highest BCUT2D eigenvalue weighted by Crippen LogP contribution is 2.33. The lowest BCUT2D eigenvalue weighted by Crippen LogP contribution is -2.21. The van der Waals surface area contributed by atoms with Crippen molar-refractivity contribution in [1.29, 1.82) is 0 Å². The number of hydrogen-bond donors (Lipinski definition) is 0. The number of Topliss-reactive ketones (excluding diaryl/α,β-unsaturated/α-hetero) is 1. The van der Waals surface area contributed by atoms with E-state index in [2.05, 4.69) is 0 Å². The molecule has 5 heteroatoms. The largest absolute Gasteiger partial charge is 0.455 e. The van der Waals surface area contributed by atoms with Gasteiger partial charge in [-0.05, 0) is 30.9 Å². The Morgan fingerprint density at radius 2 is 2.07 bits per heavy atom. The van der Waals surface area contributed by atoms with E-state index in [1.807, 2.05) is 0 Å². The Labute approximate surface area is 82.5 Å². The molecule has 0 fully saturated rings. The maximum atomic E-state index is 12.1. The predicted octanol–water partition coefficient (Wildman–Crippen LogP) is 2.98. The van der Waals surface area contributed by atoms with E-state index in [0.717, 1.165) is 41.0 Å². The fourth-order valence-electron chi connectivity index (χ4n) is 1.58. The van der Waals surface area contributed by atoms with Crippen LogP contribution in [0.15, 0.2) is 6.07 Å². The Kier molecular flexibility index (Phi) is 2.14. The summed E-state index contributed by atoms with van der Waals surface area (Å²) in [6.07, 6.45) is -2.14. The number of carbonyl (C=O) groups is 1. The number of rotatable bonds is 1. The molecule has 0 radical (unpaired) electrons. The molecule has 1 aromatic heterocycles. The van der Waals surface area contributed by atoms with Crippen LogP contribution in [0.25, 0.3) is 0 Å². The Morgan fingerprint density at radius 1 is 1.36 bits per heavy atom. The average molecular weight is 220 g/mol. The smallest absolute Gasteiger partial charge is 0.283 e. The number of thiophene rings is 1. The first-order chi connectivity index (χ1) is 6.48. The number of carbonyl (C=O) groups excluding carboxylic acids is 1. The second kappa shape index (κ2) is 3.08. The quantitative estimate of drug-likeness (QED) is 0.665. The van der Waals surface area contributed by atoms with E-state index in [-0.39, 0.29) is 4.88 Å². The van der Waals surface area contributed by atoms with Gasteiger partial charge in [-0.2, -0.15) is 13.2 Å². The summed E-state index contributed by atoms with van der Waals surface area (Å²) in [5.74, 6) is -1.71. The van der Waals surface area contributed by atoms with Crippen LogP contribution in [-0.4, -0.2) is 12.0 Å². The van der Waals surface area contributed by atoms with Crippen LogP contribution in [-0.2, 0) is 12.8 Å². The van der Waals surface area contributed by atoms with E-state index in [4.69, 9.17) is 0 Å². The molecule has 0 saturated heterocycles. The van der Waals surface area contributed by atoms with Gasteiger partial charge >= 0.3 is 6.18 Å². The highest BCUT2D eigenvalue weighted by Gasteiger charge is 2.40. The molecular formula is C9H7F3OS. The van der Waals surface area contributed by atoms with Crippen LogP contribution in [0.2, 0.25) is 0 Å². The van der Waals surface area contributed by atoms with Crippen molar-refractivity contribution in [2.75, 3.05) is 0 Å². The lowest BCUT2D eigenvalue weighted by atomic mass is 10.2. The van der Waals surface area contributed by atoms with Gasteiger partial charge < -0.3 is 0 Å². The molecular weight excluding hydrogens is 213 g/mol. The minimum absolute atomic E-state index is 0.165. The third kappa shape index (κ3) is 1.56. The van der Waals surface area contributed by atoms with Crippen LogP contribution in [0.5, 0.6) is 0 Å². The monoisotopic (exact) mass is 220 g/mol. The predicted molar refractivity (Wildman–Crippen MR) is 46.7 cm³/mol. The van der Waals surface area contributed by atoms with E-state index in [0.29, 0.717) is 0 Å². The maximum Gasteiger partial charge on any atom is 0.455 e. The molecule has 0 bridgehead atoms. The van der Waals surface area contributed by atoms with Gasteiger partial charge in [0.25, 0.3) is 5.78 Å². The second-order valence-electron chi connectivity index (χ2n) is 3.24. The van der Waals surface area contributed by atoms with Crippen LogP contribution >= 0.6 is 11.3 Å². The molecule has 0 atom stereocenters. The van der Waals surface area contributed by atoms with Crippen LogP contribution < -0.4 is 0 Å². The second-order valence-corrected chi connectivity index (χ2v) is 4.38. The molecule has 0 aliphatic heterocycles. The molecule has 1 nitrogen and oxygen atoms in total. The highest BCUT2D eigenvalue weighted by atomic mass is 32.1. The maximum absolute atomic E-state index is 12.1. The Hall–Kier alpha value is -0.840. The number of halogens is 3. The lowest BCUT2D eigenvalue weighted by molar-refractivity contribution is -0.0882. The van der Waals surface area contributed by atoms with Gasteiger partial charge in [-0.3, -0.25) is 4.79 Å². The van der Waals surface area contributed by atoms with E-state index >= 15 is 0 Å². The summed E-state index contributed by atoms with van der Waals surface area (Å²) in [6, 6.07) is 1.39. The van der Waals surface area contributed by atoms with E-state index < -0.39 is 12.0 Å². The van der Waals surface area contributed by atoms with Crippen LogP contribution in [0.1, 0.15) is 26.5 Å². The van der Waals surface area contributed by atoms with Crippen LogP contribution in [0.4, 0.5) is 13.2 Å². The zero-order valence-corrected chi connectivity index (χ0v) is 7.97. The number of aryl methyl sites for hydroxylation is 2. The fourth-order valence-corrected chi connectivity index (χ4v) is 2.79. The Bertz CT molecular complexity index is 356. The normalized spacial score (nSPS) is 15.6. The van der Waals surface area contributed by atoms with Gasteiger partial charge in [-0.25, -0.2) is 0 Å². The lowest BCUT2D eigenvalue weighted by Gasteiger charge is -2.01. The number of ketones is 1. The summed E-state index contributed by atoms with van der Waals surface area (Å²) in [6.45, 7) is 0. The SMILES string of the molecule is O=C(c1cc2c(s1)CCC2)C(F)(F)F. The molecule has 1 aromatic rings. The zero-order valence-electron chi connectivity index (χ0n) is 7.15. The van der Waals surface area contributed by atoms with Gasteiger partial charge in [-0.1, -0.05) is 0 Å². The first-order valence-corrected chi connectivity index (χ1v) is 5.03. The van der Waals surface area contributed by atoms with Gasteiger partial charge in [0.15, 0.2) is 0 Å². The Morgan fingerprint density at radius 3 is 2.64 bits per heavy atom. The summed E-state index contributed by atoms with van der Waals surface area (Å²) < 4.78 is 36.2. The third-order valence-electron chi connectivity index (χ3n) is 2.23. The highest BCUT2D eigenvalue weighted by molar-refractivity contribution is 7.14. The summed E-state index contributed by atoms with van der Waals surface area (Å²) in [4.78, 5) is 11.6. The molecule has 1 heterocycles. The summed E-state index contributed by atoms with van der Waals surface area (Å²) in [7, 11) is 0. The summed E-state index contributed by atoms with van der Waals surface area (Å²) in [5, 5.41) is 0. The minimum atomic E-state index is -4.74. The summed E-state index contributed by atoms with van der Waals surface area (Å²) in [5.41, 5.74) is 0.919. The number of alkyl halides is 3. The van der Waals surface area contributed by atoms with Gasteiger partial charge in [0.2, 0.25) is 0 Å². The summed E-state index contributed by atoms with van der Waals surface area (Å²) >= 11 is 0.987. The van der Waals surface area contributed by atoms with Gasteiger partial charge in [0, 0.05) is 4.88 Å². The van der Waals surface area contributed by atoms with Crippen molar-refractivity contribution in [3.8, 4) is 0 Å². The van der Waals surface area contributed by atoms with Crippen molar-refractivity contribution in [3.63, 3.8) is 0 Å². The van der Waals surface area contributed by atoms with Crippen molar-refractivity contribution >= 4 is 17.1 Å². The first kappa shape index (κ1) is 9.71. The van der Waals surface area contributed by atoms with Crippen molar-refractivity contribution < 1.29 is 18.0 Å². The van der Waals surface area contributed by atoms with E-state index in [1.165, 1.54) is 6.07 Å².